The number of rotatable bonds is 11. The molecule has 0 aliphatic rings. The lowest BCUT2D eigenvalue weighted by Crippen LogP contribution is -2.67. The summed E-state index contributed by atoms with van der Waals surface area (Å²) in [5.74, 6) is -9.36. The van der Waals surface area contributed by atoms with Crippen molar-refractivity contribution in [3.05, 3.63) is 35.9 Å². The standard InChI is InChI=1S/C20H29F5O/c1-5-6-7-11-14-19(22,23)20(24,25)18(21,17(2,3)26-4)15-16-12-9-8-10-13-16/h8-10,12-13H,5-7,11,14-15H2,1-4H3. The minimum atomic E-state index is -4.89. The second kappa shape index (κ2) is 8.68. The molecule has 0 spiro atoms. The van der Waals surface area contributed by atoms with E-state index in [1.165, 1.54) is 12.1 Å². The number of halogens is 5. The number of hydrogen-bond donors (Lipinski definition) is 0. The van der Waals surface area contributed by atoms with Crippen LogP contribution in [-0.2, 0) is 11.2 Å². The maximum absolute atomic E-state index is 15.7. The Morgan fingerprint density at radius 2 is 1.46 bits per heavy atom. The highest BCUT2D eigenvalue weighted by atomic mass is 19.3. The van der Waals surface area contributed by atoms with Crippen LogP contribution >= 0.6 is 0 Å². The number of ether oxygens (including phenoxy) is 1. The van der Waals surface area contributed by atoms with Crippen LogP contribution in [0.3, 0.4) is 0 Å². The van der Waals surface area contributed by atoms with Crippen molar-refractivity contribution >= 4 is 0 Å². The third-order valence-corrected chi connectivity index (χ3v) is 5.06. The van der Waals surface area contributed by atoms with Crippen LogP contribution in [0.5, 0.6) is 0 Å². The SMILES string of the molecule is CCCCCCC(F)(F)C(F)(F)C(F)(Cc1ccccc1)C(C)(C)OC. The first-order valence-corrected chi connectivity index (χ1v) is 8.99. The molecule has 1 aromatic carbocycles. The number of unbranched alkanes of at least 4 members (excludes halogenated alkanes) is 3. The lowest BCUT2D eigenvalue weighted by atomic mass is 9.74. The first-order valence-electron chi connectivity index (χ1n) is 8.99. The maximum Gasteiger partial charge on any atom is 0.346 e. The van der Waals surface area contributed by atoms with Gasteiger partial charge in [-0.2, -0.15) is 17.6 Å². The van der Waals surface area contributed by atoms with Crippen molar-refractivity contribution in [1.29, 1.82) is 0 Å². The number of methoxy groups -OCH3 is 1. The van der Waals surface area contributed by atoms with Gasteiger partial charge in [-0.25, -0.2) is 4.39 Å². The zero-order valence-electron chi connectivity index (χ0n) is 15.9. The average molecular weight is 380 g/mol. The Bertz CT molecular complexity index is 544. The predicted molar refractivity (Wildman–Crippen MR) is 93.7 cm³/mol. The van der Waals surface area contributed by atoms with E-state index < -0.39 is 36.0 Å². The Morgan fingerprint density at radius 3 is 1.96 bits per heavy atom. The quantitative estimate of drug-likeness (QED) is 0.310. The van der Waals surface area contributed by atoms with Gasteiger partial charge < -0.3 is 4.74 Å². The van der Waals surface area contributed by atoms with Gasteiger partial charge in [-0.1, -0.05) is 56.5 Å². The number of benzene rings is 1. The van der Waals surface area contributed by atoms with Crippen molar-refractivity contribution in [2.45, 2.75) is 82.4 Å². The summed E-state index contributed by atoms with van der Waals surface area (Å²) in [6.45, 7) is 4.05. The minimum Gasteiger partial charge on any atom is -0.375 e. The monoisotopic (exact) mass is 380 g/mol. The van der Waals surface area contributed by atoms with Crippen molar-refractivity contribution < 1.29 is 26.7 Å². The second-order valence-electron chi connectivity index (χ2n) is 7.27. The summed E-state index contributed by atoms with van der Waals surface area (Å²) in [6.07, 6.45) is -0.124. The minimum absolute atomic E-state index is 0.0781. The molecular formula is C20H29F5O. The van der Waals surface area contributed by atoms with Crippen LogP contribution in [-0.4, -0.2) is 30.2 Å². The largest absolute Gasteiger partial charge is 0.375 e. The van der Waals surface area contributed by atoms with Gasteiger partial charge in [-0.05, 0) is 25.8 Å². The Hall–Kier alpha value is -1.17. The summed E-state index contributed by atoms with van der Waals surface area (Å²) in [4.78, 5) is 0. The molecular weight excluding hydrogens is 351 g/mol. The van der Waals surface area contributed by atoms with Gasteiger partial charge in [-0.15, -0.1) is 0 Å². The van der Waals surface area contributed by atoms with E-state index in [0.717, 1.165) is 27.4 Å². The zero-order valence-corrected chi connectivity index (χ0v) is 15.9. The fourth-order valence-corrected chi connectivity index (χ4v) is 2.96. The van der Waals surface area contributed by atoms with Gasteiger partial charge in [0, 0.05) is 20.0 Å². The summed E-state index contributed by atoms with van der Waals surface area (Å²) in [7, 11) is 1.05. The molecule has 0 amide bonds. The van der Waals surface area contributed by atoms with Gasteiger partial charge in [0.25, 0.3) is 0 Å². The summed E-state index contributed by atoms with van der Waals surface area (Å²) in [5, 5.41) is 0. The van der Waals surface area contributed by atoms with Crippen LogP contribution in [0.2, 0.25) is 0 Å². The summed E-state index contributed by atoms with van der Waals surface area (Å²) < 4.78 is 79.4. The zero-order chi connectivity index (χ0) is 20.1. The Morgan fingerprint density at radius 1 is 0.885 bits per heavy atom. The highest BCUT2D eigenvalue weighted by Gasteiger charge is 2.74. The van der Waals surface area contributed by atoms with Gasteiger partial charge in [-0.3, -0.25) is 0 Å². The normalized spacial score (nSPS) is 15.7. The molecule has 0 fully saturated rings. The average Bonchev–Trinajstić information content (AvgIpc) is 2.59. The molecule has 1 nitrogen and oxygen atoms in total. The van der Waals surface area contributed by atoms with Gasteiger partial charge in [0.2, 0.25) is 5.67 Å². The van der Waals surface area contributed by atoms with E-state index in [1.807, 2.05) is 6.92 Å². The Kier molecular flexibility index (Phi) is 7.63. The Balaban J connectivity index is 3.22. The van der Waals surface area contributed by atoms with E-state index in [9.17, 15) is 17.6 Å². The van der Waals surface area contributed by atoms with Gasteiger partial charge in [0.05, 0.1) is 0 Å². The van der Waals surface area contributed by atoms with Crippen LogP contribution in [0.15, 0.2) is 30.3 Å². The van der Waals surface area contributed by atoms with Crippen LogP contribution in [0.4, 0.5) is 22.0 Å². The lowest BCUT2D eigenvalue weighted by Gasteiger charge is -2.46. The van der Waals surface area contributed by atoms with E-state index in [-0.39, 0.29) is 12.0 Å². The lowest BCUT2D eigenvalue weighted by molar-refractivity contribution is -0.311. The summed E-state index contributed by atoms with van der Waals surface area (Å²) >= 11 is 0. The van der Waals surface area contributed by atoms with Crippen LogP contribution in [0.25, 0.3) is 0 Å². The van der Waals surface area contributed by atoms with E-state index >= 15 is 4.39 Å². The molecule has 26 heavy (non-hydrogen) atoms. The molecule has 1 aromatic rings. The van der Waals surface area contributed by atoms with Crippen molar-refractivity contribution in [1.82, 2.24) is 0 Å². The van der Waals surface area contributed by atoms with Crippen LogP contribution in [0.1, 0.15) is 58.4 Å². The number of hydrogen-bond acceptors (Lipinski definition) is 1. The van der Waals surface area contributed by atoms with Crippen molar-refractivity contribution in [2.24, 2.45) is 0 Å². The molecule has 0 radical (unpaired) electrons. The van der Waals surface area contributed by atoms with Crippen molar-refractivity contribution in [3.63, 3.8) is 0 Å². The smallest absolute Gasteiger partial charge is 0.346 e. The molecule has 0 saturated heterocycles. The summed E-state index contributed by atoms with van der Waals surface area (Å²) in [6, 6.07) is 7.63. The van der Waals surface area contributed by atoms with Crippen molar-refractivity contribution in [3.8, 4) is 0 Å². The maximum atomic E-state index is 15.7. The highest BCUT2D eigenvalue weighted by Crippen LogP contribution is 2.53. The topological polar surface area (TPSA) is 9.23 Å². The molecule has 6 heteroatoms. The molecule has 0 aromatic heterocycles. The van der Waals surface area contributed by atoms with Crippen LogP contribution < -0.4 is 0 Å². The first-order chi connectivity index (χ1) is 11.9. The van der Waals surface area contributed by atoms with E-state index in [1.54, 1.807) is 18.2 Å². The van der Waals surface area contributed by atoms with Gasteiger partial charge in [0.1, 0.15) is 5.60 Å². The second-order valence-corrected chi connectivity index (χ2v) is 7.27. The molecule has 0 aliphatic heterocycles. The molecule has 0 saturated carbocycles. The third-order valence-electron chi connectivity index (χ3n) is 5.06. The molecule has 1 unspecified atom stereocenters. The van der Waals surface area contributed by atoms with E-state index in [4.69, 9.17) is 4.74 Å². The molecule has 0 aliphatic carbocycles. The molecule has 1 atom stereocenters. The molecule has 0 bridgehead atoms. The third kappa shape index (κ3) is 4.56. The van der Waals surface area contributed by atoms with E-state index in [0.29, 0.717) is 12.8 Å². The van der Waals surface area contributed by atoms with Gasteiger partial charge >= 0.3 is 11.8 Å². The van der Waals surface area contributed by atoms with Gasteiger partial charge in [0.15, 0.2) is 0 Å². The fourth-order valence-electron chi connectivity index (χ4n) is 2.96. The molecule has 0 N–H and O–H groups in total. The molecule has 150 valence electrons. The number of alkyl halides is 5. The van der Waals surface area contributed by atoms with Crippen LogP contribution in [0, 0.1) is 0 Å². The summed E-state index contributed by atoms with van der Waals surface area (Å²) in [5.41, 5.74) is -5.48. The van der Waals surface area contributed by atoms with E-state index in [2.05, 4.69) is 0 Å². The fraction of sp³-hybridized carbons (Fsp3) is 0.700. The van der Waals surface area contributed by atoms with Crippen molar-refractivity contribution in [2.75, 3.05) is 7.11 Å². The highest BCUT2D eigenvalue weighted by molar-refractivity contribution is 5.22. The first kappa shape index (κ1) is 22.9. The molecule has 1 rings (SSSR count). The Labute approximate surface area is 152 Å². The predicted octanol–water partition coefficient (Wildman–Crippen LogP) is 6.60. The molecule has 0 heterocycles.